The van der Waals surface area contributed by atoms with Crippen molar-refractivity contribution >= 4 is 5.91 Å². The van der Waals surface area contributed by atoms with E-state index in [2.05, 4.69) is 31.3 Å². The standard InChI is InChI=1S/C10H18N6O/c1-7(8-13-15-16-14-8)12-9(17)10(2)5-3-4-6-11-10/h7,11H,3-6H2,1-2H3,(H,12,17)(H,13,14,15,16). The first kappa shape index (κ1) is 12.0. The summed E-state index contributed by atoms with van der Waals surface area (Å²) in [6, 6.07) is -0.234. The fourth-order valence-corrected chi connectivity index (χ4v) is 2.02. The van der Waals surface area contributed by atoms with Crippen LogP contribution < -0.4 is 10.6 Å². The third-order valence-corrected chi connectivity index (χ3v) is 3.22. The van der Waals surface area contributed by atoms with Gasteiger partial charge >= 0.3 is 0 Å². The van der Waals surface area contributed by atoms with Gasteiger partial charge in [-0.25, -0.2) is 0 Å². The molecule has 1 amide bonds. The van der Waals surface area contributed by atoms with E-state index < -0.39 is 5.54 Å². The van der Waals surface area contributed by atoms with Crippen LogP contribution in [0, 0.1) is 0 Å². The van der Waals surface area contributed by atoms with Crippen LogP contribution in [0.25, 0.3) is 0 Å². The van der Waals surface area contributed by atoms with Crippen molar-refractivity contribution in [1.29, 1.82) is 0 Å². The molecule has 1 aliphatic rings. The van der Waals surface area contributed by atoms with Gasteiger partial charge in [-0.3, -0.25) is 4.79 Å². The third kappa shape index (κ3) is 2.60. The van der Waals surface area contributed by atoms with Crippen LogP contribution in [0.5, 0.6) is 0 Å². The zero-order chi connectivity index (χ0) is 12.3. The second-order valence-electron chi connectivity index (χ2n) is 4.68. The summed E-state index contributed by atoms with van der Waals surface area (Å²) in [5, 5.41) is 19.7. The summed E-state index contributed by atoms with van der Waals surface area (Å²) in [4.78, 5) is 12.2. The molecule has 0 aliphatic carbocycles. The van der Waals surface area contributed by atoms with Crippen LogP contribution in [0.3, 0.4) is 0 Å². The number of rotatable bonds is 3. The molecule has 0 bridgehead atoms. The second kappa shape index (κ2) is 4.79. The Balaban J connectivity index is 1.96. The number of piperidine rings is 1. The summed E-state index contributed by atoms with van der Waals surface area (Å²) in [7, 11) is 0. The van der Waals surface area contributed by atoms with Crippen LogP contribution in [0.2, 0.25) is 0 Å². The minimum atomic E-state index is -0.476. The molecule has 0 radical (unpaired) electrons. The molecule has 1 fully saturated rings. The van der Waals surface area contributed by atoms with Gasteiger partial charge in [-0.15, -0.1) is 10.2 Å². The Bertz CT molecular complexity index is 370. The Morgan fingerprint density at radius 2 is 2.35 bits per heavy atom. The highest BCUT2D eigenvalue weighted by Crippen LogP contribution is 2.19. The van der Waals surface area contributed by atoms with Crippen molar-refractivity contribution in [1.82, 2.24) is 31.3 Å². The number of nitrogens with one attached hydrogen (secondary N) is 3. The van der Waals surface area contributed by atoms with Crippen molar-refractivity contribution in [2.75, 3.05) is 6.54 Å². The predicted octanol–water partition coefficient (Wildman–Crippen LogP) is -0.0909. The Kier molecular flexibility index (Phi) is 3.37. The lowest BCUT2D eigenvalue weighted by molar-refractivity contribution is -0.128. The number of nitrogens with zero attached hydrogens (tertiary/aromatic N) is 3. The summed E-state index contributed by atoms with van der Waals surface area (Å²) < 4.78 is 0. The lowest BCUT2D eigenvalue weighted by atomic mass is 9.90. The van der Waals surface area contributed by atoms with Crippen LogP contribution in [-0.2, 0) is 4.79 Å². The molecule has 1 aromatic rings. The van der Waals surface area contributed by atoms with E-state index in [0.717, 1.165) is 25.8 Å². The molecule has 7 nitrogen and oxygen atoms in total. The van der Waals surface area contributed by atoms with Crippen molar-refractivity contribution in [3.05, 3.63) is 5.82 Å². The summed E-state index contributed by atoms with van der Waals surface area (Å²) in [5.74, 6) is 0.493. The summed E-state index contributed by atoms with van der Waals surface area (Å²) in [6.45, 7) is 4.67. The molecule has 7 heteroatoms. The second-order valence-corrected chi connectivity index (χ2v) is 4.68. The van der Waals surface area contributed by atoms with Crippen LogP contribution in [-0.4, -0.2) is 38.6 Å². The minimum Gasteiger partial charge on any atom is -0.345 e. The highest BCUT2D eigenvalue weighted by atomic mass is 16.2. The maximum atomic E-state index is 12.2. The van der Waals surface area contributed by atoms with Gasteiger partial charge < -0.3 is 10.6 Å². The summed E-state index contributed by atoms with van der Waals surface area (Å²) in [6.07, 6.45) is 3.06. The first-order valence-electron chi connectivity index (χ1n) is 5.91. The summed E-state index contributed by atoms with van der Waals surface area (Å²) >= 11 is 0. The van der Waals surface area contributed by atoms with Crippen LogP contribution in [0.4, 0.5) is 0 Å². The molecule has 17 heavy (non-hydrogen) atoms. The molecule has 1 aliphatic heterocycles. The maximum Gasteiger partial charge on any atom is 0.240 e. The lowest BCUT2D eigenvalue weighted by Crippen LogP contribution is -2.57. The van der Waals surface area contributed by atoms with E-state index in [1.807, 2.05) is 13.8 Å². The van der Waals surface area contributed by atoms with E-state index in [-0.39, 0.29) is 11.9 Å². The average molecular weight is 238 g/mol. The molecule has 2 unspecified atom stereocenters. The Labute approximate surface area is 99.7 Å². The van der Waals surface area contributed by atoms with Crippen molar-refractivity contribution in [3.8, 4) is 0 Å². The molecular weight excluding hydrogens is 220 g/mol. The summed E-state index contributed by atoms with van der Waals surface area (Å²) in [5.41, 5.74) is -0.476. The van der Waals surface area contributed by atoms with Gasteiger partial charge in [0, 0.05) is 0 Å². The normalized spacial score (nSPS) is 26.5. The molecule has 0 aromatic carbocycles. The highest BCUT2D eigenvalue weighted by Gasteiger charge is 2.35. The number of aromatic nitrogens is 4. The van der Waals surface area contributed by atoms with Crippen LogP contribution >= 0.6 is 0 Å². The van der Waals surface area contributed by atoms with E-state index in [1.54, 1.807) is 0 Å². The molecular formula is C10H18N6O. The van der Waals surface area contributed by atoms with E-state index >= 15 is 0 Å². The van der Waals surface area contributed by atoms with Crippen molar-refractivity contribution in [2.45, 2.75) is 44.7 Å². The minimum absolute atomic E-state index is 0.00509. The van der Waals surface area contributed by atoms with Gasteiger partial charge in [0.15, 0.2) is 5.82 Å². The van der Waals surface area contributed by atoms with Gasteiger partial charge in [-0.05, 0) is 39.7 Å². The van der Waals surface area contributed by atoms with Crippen LogP contribution in [0.15, 0.2) is 0 Å². The van der Waals surface area contributed by atoms with Gasteiger partial charge in [-0.1, -0.05) is 5.21 Å². The number of carbonyl (C=O) groups is 1. The topological polar surface area (TPSA) is 95.6 Å². The van der Waals surface area contributed by atoms with Crippen molar-refractivity contribution < 1.29 is 4.79 Å². The lowest BCUT2D eigenvalue weighted by Gasteiger charge is -2.34. The average Bonchev–Trinajstić information content (AvgIpc) is 2.83. The van der Waals surface area contributed by atoms with E-state index in [1.165, 1.54) is 0 Å². The van der Waals surface area contributed by atoms with Crippen LogP contribution in [0.1, 0.15) is 45.0 Å². The van der Waals surface area contributed by atoms with E-state index in [4.69, 9.17) is 0 Å². The molecule has 3 N–H and O–H groups in total. The molecule has 2 atom stereocenters. The zero-order valence-corrected chi connectivity index (χ0v) is 10.2. The molecule has 2 heterocycles. The first-order valence-corrected chi connectivity index (χ1v) is 5.91. The smallest absolute Gasteiger partial charge is 0.240 e. The number of H-pyrrole nitrogens is 1. The number of hydrogen-bond acceptors (Lipinski definition) is 5. The van der Waals surface area contributed by atoms with Crippen molar-refractivity contribution in [3.63, 3.8) is 0 Å². The Hall–Kier alpha value is -1.50. The van der Waals surface area contributed by atoms with Gasteiger partial charge in [-0.2, -0.15) is 5.21 Å². The van der Waals surface area contributed by atoms with Gasteiger partial charge in [0.1, 0.15) is 0 Å². The zero-order valence-electron chi connectivity index (χ0n) is 10.2. The first-order chi connectivity index (χ1) is 8.12. The number of carbonyl (C=O) groups excluding carboxylic acids is 1. The van der Waals surface area contributed by atoms with Gasteiger partial charge in [0.2, 0.25) is 5.91 Å². The highest BCUT2D eigenvalue weighted by molar-refractivity contribution is 5.86. The van der Waals surface area contributed by atoms with Gasteiger partial charge in [0.25, 0.3) is 0 Å². The monoisotopic (exact) mass is 238 g/mol. The molecule has 2 rings (SSSR count). The number of tetrazole rings is 1. The fourth-order valence-electron chi connectivity index (χ4n) is 2.02. The van der Waals surface area contributed by atoms with Gasteiger partial charge in [0.05, 0.1) is 11.6 Å². The molecule has 0 spiro atoms. The Morgan fingerprint density at radius 1 is 1.53 bits per heavy atom. The predicted molar refractivity (Wildman–Crippen MR) is 61.0 cm³/mol. The number of amides is 1. The van der Waals surface area contributed by atoms with Crippen molar-refractivity contribution in [2.24, 2.45) is 0 Å². The molecule has 1 aromatic heterocycles. The Morgan fingerprint density at radius 3 is 2.94 bits per heavy atom. The molecule has 1 saturated heterocycles. The number of aromatic amines is 1. The van der Waals surface area contributed by atoms with E-state index in [0.29, 0.717) is 5.82 Å². The SMILES string of the molecule is CC(NC(=O)C1(C)CCCCN1)c1nn[nH]n1. The molecule has 94 valence electrons. The van der Waals surface area contributed by atoms with E-state index in [9.17, 15) is 4.79 Å². The quantitative estimate of drug-likeness (QED) is 0.684. The maximum absolute atomic E-state index is 12.2. The largest absolute Gasteiger partial charge is 0.345 e. The fraction of sp³-hybridized carbons (Fsp3) is 0.800. The molecule has 0 saturated carbocycles. The number of hydrogen-bond donors (Lipinski definition) is 3. The third-order valence-electron chi connectivity index (χ3n) is 3.22.